The van der Waals surface area contributed by atoms with Gasteiger partial charge in [0.15, 0.2) is 0 Å². The summed E-state index contributed by atoms with van der Waals surface area (Å²) in [6.07, 6.45) is 1.70. The van der Waals surface area contributed by atoms with Crippen LogP contribution in [0.5, 0.6) is 0 Å². The number of ether oxygens (including phenoxy) is 1. The third kappa shape index (κ3) is 3.76. The van der Waals surface area contributed by atoms with E-state index in [1.165, 1.54) is 11.3 Å². The number of hydrogen-bond donors (Lipinski definition) is 2. The predicted octanol–water partition coefficient (Wildman–Crippen LogP) is 3.62. The van der Waals surface area contributed by atoms with Crippen LogP contribution in [-0.2, 0) is 24.2 Å². The van der Waals surface area contributed by atoms with Crippen molar-refractivity contribution in [2.24, 2.45) is 0 Å². The first-order valence-electron chi connectivity index (χ1n) is 7.79. The molecule has 1 aromatic heterocycles. The van der Waals surface area contributed by atoms with Crippen LogP contribution < -0.4 is 5.32 Å². The molecule has 0 spiro atoms. The Kier molecular flexibility index (Phi) is 4.57. The van der Waals surface area contributed by atoms with Crippen molar-refractivity contribution >= 4 is 23.4 Å². The molecule has 1 amide bonds. The van der Waals surface area contributed by atoms with Crippen LogP contribution in [0.25, 0.3) is 0 Å². The first kappa shape index (κ1) is 16.5. The number of rotatable bonds is 4. The number of hydrogen-bond acceptors (Lipinski definition) is 4. The van der Waals surface area contributed by atoms with Gasteiger partial charge in [-0.25, -0.2) is 9.59 Å². The lowest BCUT2D eigenvalue weighted by Crippen LogP contribution is -2.49. The molecule has 0 radical (unpaired) electrons. The Hall–Kier alpha value is -2.34. The first-order valence-corrected chi connectivity index (χ1v) is 8.61. The second-order valence-corrected chi connectivity index (χ2v) is 7.43. The number of carboxylic acid groups (broad SMARTS) is 1. The van der Waals surface area contributed by atoms with E-state index in [0.717, 1.165) is 28.8 Å². The lowest BCUT2D eigenvalue weighted by molar-refractivity contribution is 0.0701. The third-order valence-corrected chi connectivity index (χ3v) is 5.43. The minimum absolute atomic E-state index is 0.232. The number of nitrogens with one attached hydrogen (secondary N) is 1. The van der Waals surface area contributed by atoms with Gasteiger partial charge in [-0.1, -0.05) is 30.3 Å². The number of benzene rings is 1. The maximum Gasteiger partial charge on any atom is 0.407 e. The fourth-order valence-electron chi connectivity index (χ4n) is 2.94. The van der Waals surface area contributed by atoms with Gasteiger partial charge in [-0.15, -0.1) is 11.3 Å². The zero-order chi connectivity index (χ0) is 17.2. The van der Waals surface area contributed by atoms with Crippen LogP contribution in [0.3, 0.4) is 0 Å². The summed E-state index contributed by atoms with van der Waals surface area (Å²) in [5, 5.41) is 12.0. The van der Waals surface area contributed by atoms with Gasteiger partial charge in [0.1, 0.15) is 11.5 Å². The maximum absolute atomic E-state index is 12.1. The van der Waals surface area contributed by atoms with Crippen molar-refractivity contribution < 1.29 is 19.4 Å². The van der Waals surface area contributed by atoms with Crippen LogP contribution >= 0.6 is 11.3 Å². The Labute approximate surface area is 144 Å². The minimum atomic E-state index is -0.897. The molecule has 0 bridgehead atoms. The average molecular weight is 345 g/mol. The fraction of sp³-hybridized carbons (Fsp3) is 0.333. The van der Waals surface area contributed by atoms with Gasteiger partial charge < -0.3 is 15.2 Å². The molecule has 126 valence electrons. The van der Waals surface area contributed by atoms with Crippen molar-refractivity contribution in [3.63, 3.8) is 0 Å². The van der Waals surface area contributed by atoms with Crippen LogP contribution in [0.4, 0.5) is 4.79 Å². The molecule has 1 unspecified atom stereocenters. The van der Waals surface area contributed by atoms with E-state index in [1.807, 2.05) is 37.3 Å². The summed E-state index contributed by atoms with van der Waals surface area (Å²) in [5.74, 6) is -0.897. The summed E-state index contributed by atoms with van der Waals surface area (Å²) in [4.78, 5) is 24.6. The molecular formula is C18H19NO4S. The highest BCUT2D eigenvalue weighted by Gasteiger charge is 2.33. The molecular weight excluding hydrogens is 326 g/mol. The number of carbonyl (C=O) groups is 2. The molecule has 0 fully saturated rings. The monoisotopic (exact) mass is 345 g/mol. The summed E-state index contributed by atoms with van der Waals surface area (Å²) in [6.45, 7) is 2.20. The lowest BCUT2D eigenvalue weighted by atomic mass is 9.83. The minimum Gasteiger partial charge on any atom is -0.477 e. The highest BCUT2D eigenvalue weighted by atomic mass is 32.1. The molecule has 3 rings (SSSR count). The van der Waals surface area contributed by atoms with Gasteiger partial charge in [0.25, 0.3) is 0 Å². The maximum atomic E-state index is 12.1. The highest BCUT2D eigenvalue weighted by Crippen LogP contribution is 2.34. The topological polar surface area (TPSA) is 75.6 Å². The summed E-state index contributed by atoms with van der Waals surface area (Å²) in [7, 11) is 0. The number of aromatic carboxylic acids is 1. The molecule has 1 heterocycles. The Bertz CT molecular complexity index is 756. The van der Waals surface area contributed by atoms with Gasteiger partial charge in [0, 0.05) is 10.4 Å². The molecule has 2 aromatic rings. The molecule has 1 aliphatic rings. The predicted molar refractivity (Wildman–Crippen MR) is 91.5 cm³/mol. The normalized spacial score (nSPS) is 19.4. The second kappa shape index (κ2) is 6.65. The molecule has 0 saturated heterocycles. The van der Waals surface area contributed by atoms with E-state index in [1.54, 1.807) is 6.07 Å². The molecule has 6 heteroatoms. The van der Waals surface area contributed by atoms with E-state index >= 15 is 0 Å². The number of carbonyl (C=O) groups excluding carboxylic acids is 1. The van der Waals surface area contributed by atoms with E-state index in [2.05, 4.69) is 5.32 Å². The van der Waals surface area contributed by atoms with E-state index in [-0.39, 0.29) is 6.61 Å². The van der Waals surface area contributed by atoms with Crippen LogP contribution in [0.1, 0.15) is 39.0 Å². The van der Waals surface area contributed by atoms with Crippen LogP contribution in [0, 0.1) is 0 Å². The smallest absolute Gasteiger partial charge is 0.407 e. The highest BCUT2D eigenvalue weighted by molar-refractivity contribution is 7.14. The van der Waals surface area contributed by atoms with Gasteiger partial charge >= 0.3 is 12.1 Å². The summed E-state index contributed by atoms with van der Waals surface area (Å²) < 4.78 is 5.29. The van der Waals surface area contributed by atoms with Crippen molar-refractivity contribution in [3.8, 4) is 0 Å². The summed E-state index contributed by atoms with van der Waals surface area (Å²) >= 11 is 1.33. The van der Waals surface area contributed by atoms with E-state index in [9.17, 15) is 9.59 Å². The lowest BCUT2D eigenvalue weighted by Gasteiger charge is -2.34. The molecule has 0 saturated carbocycles. The standard InChI is InChI=1S/C18H19NO4S/c1-18(19-17(22)23-11-12-5-3-2-4-6-12)8-7-14-13(10-18)9-15(24-14)16(20)21/h2-6,9H,7-8,10-11H2,1H3,(H,19,22)(H,20,21). The molecule has 5 nitrogen and oxygen atoms in total. The fourth-order valence-corrected chi connectivity index (χ4v) is 3.96. The Morgan fingerprint density at radius 1 is 1.33 bits per heavy atom. The summed E-state index contributed by atoms with van der Waals surface area (Å²) in [6, 6.07) is 11.2. The average Bonchev–Trinajstić information content (AvgIpc) is 2.96. The zero-order valence-electron chi connectivity index (χ0n) is 13.4. The van der Waals surface area contributed by atoms with E-state index < -0.39 is 17.6 Å². The van der Waals surface area contributed by atoms with Crippen molar-refractivity contribution in [2.45, 2.75) is 38.3 Å². The number of fused-ring (bicyclic) bond motifs is 1. The van der Waals surface area contributed by atoms with Gasteiger partial charge in [0.05, 0.1) is 0 Å². The van der Waals surface area contributed by atoms with Crippen molar-refractivity contribution in [3.05, 3.63) is 57.3 Å². The number of alkyl carbamates (subject to hydrolysis) is 1. The zero-order valence-corrected chi connectivity index (χ0v) is 14.2. The number of carboxylic acids is 1. The molecule has 0 aliphatic heterocycles. The Morgan fingerprint density at radius 3 is 2.79 bits per heavy atom. The first-order chi connectivity index (χ1) is 11.5. The van der Waals surface area contributed by atoms with Crippen LogP contribution in [0.2, 0.25) is 0 Å². The molecule has 1 aliphatic carbocycles. The molecule has 1 atom stereocenters. The van der Waals surface area contributed by atoms with E-state index in [4.69, 9.17) is 9.84 Å². The largest absolute Gasteiger partial charge is 0.477 e. The number of aryl methyl sites for hydroxylation is 1. The number of amides is 1. The van der Waals surface area contributed by atoms with Crippen molar-refractivity contribution in [2.75, 3.05) is 0 Å². The van der Waals surface area contributed by atoms with Gasteiger partial charge in [-0.2, -0.15) is 0 Å². The Balaban J connectivity index is 1.60. The molecule has 2 N–H and O–H groups in total. The second-order valence-electron chi connectivity index (χ2n) is 6.29. The summed E-state index contributed by atoms with van der Waals surface area (Å²) in [5.41, 5.74) is 1.53. The van der Waals surface area contributed by atoms with Gasteiger partial charge in [-0.3, -0.25) is 0 Å². The third-order valence-electron chi connectivity index (χ3n) is 4.21. The van der Waals surface area contributed by atoms with Crippen LogP contribution in [0.15, 0.2) is 36.4 Å². The van der Waals surface area contributed by atoms with Crippen molar-refractivity contribution in [1.82, 2.24) is 5.32 Å². The Morgan fingerprint density at radius 2 is 2.08 bits per heavy atom. The number of thiophene rings is 1. The van der Waals surface area contributed by atoms with Gasteiger partial charge in [-0.05, 0) is 43.4 Å². The molecule has 1 aromatic carbocycles. The molecule has 24 heavy (non-hydrogen) atoms. The quantitative estimate of drug-likeness (QED) is 0.887. The SMILES string of the molecule is CC1(NC(=O)OCc2ccccc2)CCc2sc(C(=O)O)cc2C1. The van der Waals surface area contributed by atoms with Crippen LogP contribution in [-0.4, -0.2) is 22.7 Å². The van der Waals surface area contributed by atoms with Gasteiger partial charge in [0.2, 0.25) is 0 Å². The van der Waals surface area contributed by atoms with E-state index in [0.29, 0.717) is 11.3 Å². The van der Waals surface area contributed by atoms with Crippen molar-refractivity contribution in [1.29, 1.82) is 0 Å².